The predicted molar refractivity (Wildman–Crippen MR) is 125 cm³/mol. The molecule has 0 unspecified atom stereocenters. The molecule has 10 nitrogen and oxygen atoms in total. The van der Waals surface area contributed by atoms with Gasteiger partial charge in [-0.1, -0.05) is 13.8 Å². The van der Waals surface area contributed by atoms with Crippen molar-refractivity contribution in [2.45, 2.75) is 39.8 Å². The predicted octanol–water partition coefficient (Wildman–Crippen LogP) is 2.60. The molecule has 176 valence electrons. The first-order valence-electron chi connectivity index (χ1n) is 11.0. The second kappa shape index (κ2) is 9.77. The summed E-state index contributed by atoms with van der Waals surface area (Å²) in [4.78, 5) is 53.2. The van der Waals surface area contributed by atoms with Crippen LogP contribution in [0.15, 0.2) is 46.2 Å². The lowest BCUT2D eigenvalue weighted by atomic mass is 10.2. The fraction of sp³-hybridized carbons (Fsp3) is 0.304. The Kier molecular flexibility index (Phi) is 6.62. The maximum absolute atomic E-state index is 12.9. The molecule has 0 aliphatic rings. The van der Waals surface area contributed by atoms with Gasteiger partial charge in [0.2, 0.25) is 5.95 Å². The topological polar surface area (TPSA) is 128 Å². The summed E-state index contributed by atoms with van der Waals surface area (Å²) in [6.07, 6.45) is 4.11. The van der Waals surface area contributed by atoms with Crippen LogP contribution in [-0.4, -0.2) is 41.4 Å². The second-order valence-electron chi connectivity index (χ2n) is 7.75. The molecule has 4 aromatic rings. The number of hydrogen-bond acceptors (Lipinski definition) is 7. The number of halogens is 1. The molecule has 0 aromatic carbocycles. The minimum Gasteiger partial charge on any atom is -0.363 e. The maximum atomic E-state index is 12.9. The Morgan fingerprint density at radius 1 is 1.03 bits per heavy atom. The van der Waals surface area contributed by atoms with Crippen molar-refractivity contribution in [3.8, 4) is 11.4 Å². The van der Waals surface area contributed by atoms with Crippen molar-refractivity contribution in [1.29, 1.82) is 0 Å². The highest BCUT2D eigenvalue weighted by Gasteiger charge is 2.17. The van der Waals surface area contributed by atoms with Crippen molar-refractivity contribution < 1.29 is 9.18 Å². The van der Waals surface area contributed by atoms with E-state index in [0.717, 1.165) is 12.5 Å². The van der Waals surface area contributed by atoms with Gasteiger partial charge in [-0.3, -0.25) is 18.7 Å². The number of imidazole rings is 1. The van der Waals surface area contributed by atoms with Gasteiger partial charge >= 0.3 is 5.69 Å². The first kappa shape index (κ1) is 23.0. The molecule has 4 aromatic heterocycles. The van der Waals surface area contributed by atoms with E-state index in [1.165, 1.54) is 21.4 Å². The van der Waals surface area contributed by atoms with Crippen LogP contribution in [0.4, 0.5) is 10.2 Å². The molecule has 4 heterocycles. The molecular weight excluding hydrogens is 441 g/mol. The molecule has 0 saturated carbocycles. The van der Waals surface area contributed by atoms with E-state index >= 15 is 0 Å². The molecule has 0 aliphatic carbocycles. The van der Waals surface area contributed by atoms with Gasteiger partial charge in [0.1, 0.15) is 17.2 Å². The molecule has 4 rings (SSSR count). The van der Waals surface area contributed by atoms with Crippen LogP contribution in [0, 0.1) is 5.95 Å². The summed E-state index contributed by atoms with van der Waals surface area (Å²) in [6, 6.07) is 5.92. The summed E-state index contributed by atoms with van der Waals surface area (Å²) in [7, 11) is 0. The average molecular weight is 465 g/mol. The molecule has 0 saturated heterocycles. The SMILES string of the molecule is CCCn1c(=O)c2[nH]c(-c3ccc(NCC(=O)c4ccc(F)nc4)nc3)nc2n(CCC)c1=O. The monoisotopic (exact) mass is 465 g/mol. The van der Waals surface area contributed by atoms with Crippen LogP contribution >= 0.6 is 0 Å². The van der Waals surface area contributed by atoms with Crippen LogP contribution in [0.5, 0.6) is 0 Å². The van der Waals surface area contributed by atoms with Crippen molar-refractivity contribution in [3.63, 3.8) is 0 Å². The summed E-state index contributed by atoms with van der Waals surface area (Å²) >= 11 is 0. The van der Waals surface area contributed by atoms with Gasteiger partial charge in [0, 0.05) is 36.6 Å². The van der Waals surface area contributed by atoms with Gasteiger partial charge in [-0.2, -0.15) is 4.39 Å². The fourth-order valence-electron chi connectivity index (χ4n) is 3.60. The summed E-state index contributed by atoms with van der Waals surface area (Å²) in [5.41, 5.74) is 0.746. The zero-order valence-electron chi connectivity index (χ0n) is 18.8. The van der Waals surface area contributed by atoms with Gasteiger partial charge in [-0.15, -0.1) is 0 Å². The number of nitrogens with one attached hydrogen (secondary N) is 2. The van der Waals surface area contributed by atoms with Crippen molar-refractivity contribution in [1.82, 2.24) is 29.1 Å². The Morgan fingerprint density at radius 3 is 2.44 bits per heavy atom. The number of hydrogen-bond donors (Lipinski definition) is 2. The number of ketones is 1. The standard InChI is InChI=1S/C23H24FN7O3/c1-3-9-30-21-19(22(33)31(10-4-2)23(30)34)28-20(29-21)15-6-8-18(26-12-15)27-13-16(32)14-5-7-17(24)25-11-14/h5-8,11-12H,3-4,9-10,13H2,1-2H3,(H,26,27)(H,28,29). The van der Waals surface area contributed by atoms with Crippen molar-refractivity contribution >= 4 is 22.8 Å². The van der Waals surface area contributed by atoms with Crippen LogP contribution < -0.4 is 16.6 Å². The van der Waals surface area contributed by atoms with Gasteiger partial charge in [-0.25, -0.2) is 19.7 Å². The van der Waals surface area contributed by atoms with Gasteiger partial charge in [-0.05, 0) is 37.1 Å². The molecule has 34 heavy (non-hydrogen) atoms. The zero-order valence-corrected chi connectivity index (χ0v) is 18.8. The summed E-state index contributed by atoms with van der Waals surface area (Å²) < 4.78 is 15.7. The molecule has 0 atom stereocenters. The minimum absolute atomic E-state index is 0.0371. The van der Waals surface area contributed by atoms with Crippen molar-refractivity contribution in [2.24, 2.45) is 0 Å². The number of nitrogens with zero attached hydrogens (tertiary/aromatic N) is 5. The normalized spacial score (nSPS) is 11.1. The Bertz CT molecular complexity index is 1440. The molecule has 0 spiro atoms. The molecule has 0 fully saturated rings. The van der Waals surface area contributed by atoms with E-state index in [0.29, 0.717) is 47.9 Å². The molecule has 0 radical (unpaired) electrons. The maximum Gasteiger partial charge on any atom is 0.332 e. The largest absolute Gasteiger partial charge is 0.363 e. The average Bonchev–Trinajstić information content (AvgIpc) is 3.29. The first-order chi connectivity index (χ1) is 16.4. The van der Waals surface area contributed by atoms with E-state index in [-0.39, 0.29) is 23.5 Å². The zero-order chi connectivity index (χ0) is 24.2. The van der Waals surface area contributed by atoms with Crippen molar-refractivity contribution in [3.05, 3.63) is 69.0 Å². The van der Waals surface area contributed by atoms with E-state index < -0.39 is 11.5 Å². The second-order valence-corrected chi connectivity index (χ2v) is 7.75. The summed E-state index contributed by atoms with van der Waals surface area (Å²) in [5.74, 6) is -0.0363. The first-order valence-corrected chi connectivity index (χ1v) is 11.0. The lowest BCUT2D eigenvalue weighted by Gasteiger charge is -2.09. The van der Waals surface area contributed by atoms with Crippen LogP contribution in [0.2, 0.25) is 0 Å². The highest BCUT2D eigenvalue weighted by molar-refractivity contribution is 5.98. The number of H-pyrrole nitrogens is 1. The lowest BCUT2D eigenvalue weighted by Crippen LogP contribution is -2.40. The number of Topliss-reactive ketones (excluding diaryl/α,β-unsaturated/α-hetero) is 1. The Hall–Kier alpha value is -4.15. The quantitative estimate of drug-likeness (QED) is 0.287. The third-order valence-corrected chi connectivity index (χ3v) is 5.27. The summed E-state index contributed by atoms with van der Waals surface area (Å²) in [6.45, 7) is 4.60. The van der Waals surface area contributed by atoms with Crippen LogP contribution in [0.1, 0.15) is 37.0 Å². The minimum atomic E-state index is -0.650. The third kappa shape index (κ3) is 4.49. The third-order valence-electron chi connectivity index (χ3n) is 5.27. The van der Waals surface area contributed by atoms with Crippen LogP contribution in [0.25, 0.3) is 22.6 Å². The smallest absolute Gasteiger partial charge is 0.332 e. The van der Waals surface area contributed by atoms with Crippen LogP contribution in [-0.2, 0) is 13.1 Å². The van der Waals surface area contributed by atoms with E-state index in [2.05, 4.69) is 25.3 Å². The Balaban J connectivity index is 1.58. The van der Waals surface area contributed by atoms with E-state index in [1.54, 1.807) is 18.3 Å². The van der Waals surface area contributed by atoms with Crippen molar-refractivity contribution in [2.75, 3.05) is 11.9 Å². The molecule has 2 N–H and O–H groups in total. The lowest BCUT2D eigenvalue weighted by molar-refractivity contribution is 0.101. The number of aryl methyl sites for hydroxylation is 1. The van der Waals surface area contributed by atoms with E-state index in [9.17, 15) is 18.8 Å². The number of aromatic nitrogens is 6. The van der Waals surface area contributed by atoms with E-state index in [4.69, 9.17) is 0 Å². The molecule has 0 bridgehead atoms. The number of carbonyl (C=O) groups is 1. The van der Waals surface area contributed by atoms with Gasteiger partial charge in [0.05, 0.1) is 6.54 Å². The molecule has 0 aliphatic heterocycles. The van der Waals surface area contributed by atoms with E-state index in [1.807, 2.05) is 13.8 Å². The Labute approximate surface area is 193 Å². The molecular formula is C23H24FN7O3. The van der Waals surface area contributed by atoms with Gasteiger partial charge in [0.15, 0.2) is 11.4 Å². The number of aromatic amines is 1. The highest BCUT2D eigenvalue weighted by atomic mass is 19.1. The number of anilines is 1. The van der Waals surface area contributed by atoms with Gasteiger partial charge in [0.25, 0.3) is 5.56 Å². The molecule has 11 heteroatoms. The fourth-order valence-corrected chi connectivity index (χ4v) is 3.60. The Morgan fingerprint density at radius 2 is 1.79 bits per heavy atom. The summed E-state index contributed by atoms with van der Waals surface area (Å²) in [5, 5.41) is 2.92. The number of rotatable bonds is 9. The van der Waals surface area contributed by atoms with Crippen LogP contribution in [0.3, 0.4) is 0 Å². The van der Waals surface area contributed by atoms with Gasteiger partial charge < -0.3 is 10.3 Å². The number of carbonyl (C=O) groups excluding carboxylic acids is 1. The molecule has 0 amide bonds. The number of pyridine rings is 2. The number of fused-ring (bicyclic) bond motifs is 1. The highest BCUT2D eigenvalue weighted by Crippen LogP contribution is 2.19.